The Hall–Kier alpha value is -3.54. The van der Waals surface area contributed by atoms with E-state index in [0.717, 1.165) is 29.1 Å². The van der Waals surface area contributed by atoms with E-state index in [4.69, 9.17) is 0 Å². The quantitative estimate of drug-likeness (QED) is 0.472. The van der Waals surface area contributed by atoms with Crippen molar-refractivity contribution in [3.8, 4) is 0 Å². The third-order valence-corrected chi connectivity index (χ3v) is 5.41. The van der Waals surface area contributed by atoms with Gasteiger partial charge in [0.05, 0.1) is 0 Å². The second-order valence-corrected chi connectivity index (χ2v) is 7.35. The summed E-state index contributed by atoms with van der Waals surface area (Å²) in [6, 6.07) is 20.1. The highest BCUT2D eigenvalue weighted by Gasteiger charge is 2.18. The molecule has 0 aliphatic rings. The van der Waals surface area contributed by atoms with Crippen molar-refractivity contribution >= 4 is 17.4 Å². The number of carbonyl (C=O) groups excluding carboxylic acids is 1. The predicted molar refractivity (Wildman–Crippen MR) is 118 cm³/mol. The summed E-state index contributed by atoms with van der Waals surface area (Å²) in [7, 11) is 0. The number of aryl methyl sites for hydroxylation is 2. The van der Waals surface area contributed by atoms with Gasteiger partial charge in [0, 0.05) is 30.0 Å². The SMILES string of the molecule is Cc1nc2ncnn2c(C)c1CCC(=O)N(CCc1ccccc1)c1ccccc1. The van der Waals surface area contributed by atoms with E-state index < -0.39 is 0 Å². The van der Waals surface area contributed by atoms with E-state index >= 15 is 0 Å². The average molecular weight is 399 g/mol. The molecule has 6 nitrogen and oxygen atoms in total. The number of rotatable bonds is 7. The minimum Gasteiger partial charge on any atom is -0.312 e. The van der Waals surface area contributed by atoms with Crippen LogP contribution in [0.3, 0.4) is 0 Å². The molecule has 30 heavy (non-hydrogen) atoms. The summed E-state index contributed by atoms with van der Waals surface area (Å²) in [5, 5.41) is 4.24. The van der Waals surface area contributed by atoms with Gasteiger partial charge in [0.1, 0.15) is 6.33 Å². The molecule has 0 bridgehead atoms. The third kappa shape index (κ3) is 4.22. The van der Waals surface area contributed by atoms with E-state index in [-0.39, 0.29) is 5.91 Å². The number of para-hydroxylation sites is 1. The number of hydrogen-bond donors (Lipinski definition) is 0. The molecule has 0 aliphatic carbocycles. The molecular formula is C24H25N5O. The lowest BCUT2D eigenvalue weighted by Crippen LogP contribution is -2.33. The Bertz CT molecular complexity index is 1140. The molecule has 6 heteroatoms. The standard InChI is InChI=1S/C24H25N5O/c1-18-22(19(2)29-24(27-18)25-17-26-29)13-14-23(30)28(21-11-7-4-8-12-21)16-15-20-9-5-3-6-10-20/h3-12,17H,13-16H2,1-2H3. The van der Waals surface area contributed by atoms with Crippen LogP contribution in [-0.4, -0.2) is 32.0 Å². The number of fused-ring (bicyclic) bond motifs is 1. The Balaban J connectivity index is 1.52. The van der Waals surface area contributed by atoms with Crippen molar-refractivity contribution in [2.75, 3.05) is 11.4 Å². The number of hydrogen-bond acceptors (Lipinski definition) is 4. The van der Waals surface area contributed by atoms with Gasteiger partial charge in [0.15, 0.2) is 0 Å². The van der Waals surface area contributed by atoms with Gasteiger partial charge in [-0.1, -0.05) is 48.5 Å². The molecule has 1 amide bonds. The van der Waals surface area contributed by atoms with Gasteiger partial charge in [-0.2, -0.15) is 10.1 Å². The summed E-state index contributed by atoms with van der Waals surface area (Å²) in [4.78, 5) is 23.8. The molecule has 0 unspecified atom stereocenters. The van der Waals surface area contributed by atoms with Crippen molar-refractivity contribution < 1.29 is 4.79 Å². The molecule has 0 radical (unpaired) electrons. The number of carbonyl (C=O) groups is 1. The molecule has 152 valence electrons. The molecule has 4 aromatic rings. The summed E-state index contributed by atoms with van der Waals surface area (Å²) >= 11 is 0. The number of benzene rings is 2. The van der Waals surface area contributed by atoms with Crippen molar-refractivity contribution in [3.63, 3.8) is 0 Å². The maximum atomic E-state index is 13.2. The molecule has 0 fully saturated rings. The van der Waals surface area contributed by atoms with Crippen LogP contribution in [0.15, 0.2) is 67.0 Å². The summed E-state index contributed by atoms with van der Waals surface area (Å²) in [6.45, 7) is 4.61. The zero-order valence-corrected chi connectivity index (χ0v) is 17.3. The fourth-order valence-electron chi connectivity index (χ4n) is 3.78. The first-order valence-electron chi connectivity index (χ1n) is 10.2. The van der Waals surface area contributed by atoms with Crippen LogP contribution in [-0.2, 0) is 17.6 Å². The van der Waals surface area contributed by atoms with Crippen molar-refractivity contribution in [2.24, 2.45) is 0 Å². The molecule has 0 saturated heterocycles. The monoisotopic (exact) mass is 399 g/mol. The Kier molecular flexibility index (Phi) is 5.84. The van der Waals surface area contributed by atoms with Gasteiger partial charge in [-0.25, -0.2) is 9.50 Å². The van der Waals surface area contributed by atoms with Crippen molar-refractivity contribution in [1.29, 1.82) is 0 Å². The summed E-state index contributed by atoms with van der Waals surface area (Å²) in [5.74, 6) is 0.698. The van der Waals surface area contributed by atoms with Gasteiger partial charge in [0.25, 0.3) is 5.78 Å². The van der Waals surface area contributed by atoms with Gasteiger partial charge in [-0.05, 0) is 49.9 Å². The second kappa shape index (κ2) is 8.86. The second-order valence-electron chi connectivity index (χ2n) is 7.35. The minimum atomic E-state index is 0.106. The topological polar surface area (TPSA) is 63.4 Å². The number of amides is 1. The van der Waals surface area contributed by atoms with Crippen molar-refractivity contribution in [1.82, 2.24) is 19.6 Å². The van der Waals surface area contributed by atoms with Crippen molar-refractivity contribution in [2.45, 2.75) is 33.1 Å². The molecule has 4 rings (SSSR count). The summed E-state index contributed by atoms with van der Waals surface area (Å²) in [5.41, 5.74) is 5.09. The molecule has 0 atom stereocenters. The van der Waals surface area contributed by atoms with E-state index in [1.54, 1.807) is 4.52 Å². The average Bonchev–Trinajstić information content (AvgIpc) is 3.24. The number of aromatic nitrogens is 4. The summed E-state index contributed by atoms with van der Waals surface area (Å²) in [6.07, 6.45) is 3.34. The Labute approximate surface area is 176 Å². The van der Waals surface area contributed by atoms with Gasteiger partial charge < -0.3 is 4.90 Å². The van der Waals surface area contributed by atoms with Crippen LogP contribution in [0.25, 0.3) is 5.78 Å². The first-order chi connectivity index (χ1) is 14.6. The van der Waals surface area contributed by atoms with Crippen molar-refractivity contribution in [3.05, 3.63) is 89.5 Å². The first kappa shape index (κ1) is 19.8. The van der Waals surface area contributed by atoms with E-state index in [1.807, 2.05) is 67.3 Å². The maximum absolute atomic E-state index is 13.2. The van der Waals surface area contributed by atoms with Crippen LogP contribution >= 0.6 is 0 Å². The molecule has 0 saturated carbocycles. The molecule has 2 heterocycles. The lowest BCUT2D eigenvalue weighted by Gasteiger charge is -2.23. The van der Waals surface area contributed by atoms with E-state index in [2.05, 4.69) is 27.2 Å². The lowest BCUT2D eigenvalue weighted by atomic mass is 10.1. The van der Waals surface area contributed by atoms with E-state index in [0.29, 0.717) is 25.2 Å². The molecule has 0 N–H and O–H groups in total. The molecule has 0 spiro atoms. The highest BCUT2D eigenvalue weighted by atomic mass is 16.2. The fraction of sp³-hybridized carbons (Fsp3) is 0.250. The maximum Gasteiger partial charge on any atom is 0.252 e. The van der Waals surface area contributed by atoms with Crippen LogP contribution in [0.4, 0.5) is 5.69 Å². The Morgan fingerprint density at radius 1 is 0.967 bits per heavy atom. The third-order valence-electron chi connectivity index (χ3n) is 5.41. The summed E-state index contributed by atoms with van der Waals surface area (Å²) < 4.78 is 1.73. The Morgan fingerprint density at radius 3 is 2.40 bits per heavy atom. The first-order valence-corrected chi connectivity index (χ1v) is 10.2. The van der Waals surface area contributed by atoms with Gasteiger partial charge >= 0.3 is 0 Å². The zero-order chi connectivity index (χ0) is 20.9. The molecule has 2 aromatic heterocycles. The fourth-order valence-corrected chi connectivity index (χ4v) is 3.78. The molecular weight excluding hydrogens is 374 g/mol. The molecule has 2 aromatic carbocycles. The smallest absolute Gasteiger partial charge is 0.252 e. The van der Waals surface area contributed by atoms with Crippen LogP contribution < -0.4 is 4.90 Å². The van der Waals surface area contributed by atoms with Crippen LogP contribution in [0.2, 0.25) is 0 Å². The largest absolute Gasteiger partial charge is 0.312 e. The minimum absolute atomic E-state index is 0.106. The van der Waals surface area contributed by atoms with E-state index in [1.165, 1.54) is 11.9 Å². The van der Waals surface area contributed by atoms with Crippen LogP contribution in [0.1, 0.15) is 28.9 Å². The normalized spacial score (nSPS) is 11.0. The Morgan fingerprint density at radius 2 is 1.67 bits per heavy atom. The number of anilines is 1. The molecule has 0 aliphatic heterocycles. The van der Waals surface area contributed by atoms with E-state index in [9.17, 15) is 4.79 Å². The highest BCUT2D eigenvalue weighted by Crippen LogP contribution is 2.19. The van der Waals surface area contributed by atoms with Gasteiger partial charge in [0.2, 0.25) is 5.91 Å². The van der Waals surface area contributed by atoms with Crippen LogP contribution in [0.5, 0.6) is 0 Å². The predicted octanol–water partition coefficient (Wildman–Crippen LogP) is 3.95. The zero-order valence-electron chi connectivity index (χ0n) is 17.3. The van der Waals surface area contributed by atoms with Crippen LogP contribution in [0, 0.1) is 13.8 Å². The van der Waals surface area contributed by atoms with Gasteiger partial charge in [-0.3, -0.25) is 4.79 Å². The number of nitrogens with zero attached hydrogens (tertiary/aromatic N) is 5. The van der Waals surface area contributed by atoms with Gasteiger partial charge in [-0.15, -0.1) is 0 Å². The highest BCUT2D eigenvalue weighted by molar-refractivity contribution is 5.93. The lowest BCUT2D eigenvalue weighted by molar-refractivity contribution is -0.118.